The largest absolute Gasteiger partial charge is 0.406 e. The number of nitrogens with zero attached hydrogens (tertiary/aromatic N) is 3. The number of hydrogen-bond acceptors (Lipinski definition) is 3. The summed E-state index contributed by atoms with van der Waals surface area (Å²) in [6, 6.07) is 4.29. The lowest BCUT2D eigenvalue weighted by molar-refractivity contribution is -0.139. The summed E-state index contributed by atoms with van der Waals surface area (Å²) in [7, 11) is 2.12. The van der Waals surface area contributed by atoms with Gasteiger partial charge in [-0.2, -0.15) is 13.2 Å². The number of amides is 1. The van der Waals surface area contributed by atoms with Gasteiger partial charge in [0.15, 0.2) is 0 Å². The highest BCUT2D eigenvalue weighted by molar-refractivity contribution is 6.06. The summed E-state index contributed by atoms with van der Waals surface area (Å²) in [5.41, 5.74) is 0.432. The Kier molecular flexibility index (Phi) is 4.17. The third-order valence-electron chi connectivity index (χ3n) is 5.66. The van der Waals surface area contributed by atoms with Gasteiger partial charge in [0.25, 0.3) is 5.91 Å². The maximum Gasteiger partial charge on any atom is 0.406 e. The van der Waals surface area contributed by atoms with Crippen LogP contribution in [0.15, 0.2) is 24.5 Å². The number of carbonyl (C=O) groups is 1. The minimum Gasteiger partial charge on any atom is -0.349 e. The van der Waals surface area contributed by atoms with E-state index in [1.54, 1.807) is 12.1 Å². The molecule has 2 fully saturated rings. The first-order valence-electron chi connectivity index (χ1n) is 8.85. The number of pyridine rings is 1. The highest BCUT2D eigenvalue weighted by Gasteiger charge is 2.39. The van der Waals surface area contributed by atoms with E-state index in [4.69, 9.17) is 0 Å². The molecule has 0 aromatic carbocycles. The van der Waals surface area contributed by atoms with Gasteiger partial charge in [-0.3, -0.25) is 4.79 Å². The Bertz CT molecular complexity index is 817. The monoisotopic (exact) mass is 366 g/mol. The van der Waals surface area contributed by atoms with Crippen molar-refractivity contribution in [3.8, 4) is 0 Å². The van der Waals surface area contributed by atoms with Crippen molar-refractivity contribution in [2.75, 3.05) is 7.05 Å². The molecule has 2 saturated heterocycles. The quantitative estimate of drug-likeness (QED) is 0.909. The molecule has 0 saturated carbocycles. The number of hydrogen-bond donors (Lipinski definition) is 1. The molecule has 8 heteroatoms. The third-order valence-corrected chi connectivity index (χ3v) is 5.66. The fourth-order valence-corrected chi connectivity index (χ4v) is 4.41. The van der Waals surface area contributed by atoms with Crippen molar-refractivity contribution in [2.45, 2.75) is 56.5 Å². The van der Waals surface area contributed by atoms with Gasteiger partial charge >= 0.3 is 6.18 Å². The van der Waals surface area contributed by atoms with Crippen LogP contribution in [-0.2, 0) is 6.54 Å². The van der Waals surface area contributed by atoms with Gasteiger partial charge in [-0.05, 0) is 44.9 Å². The zero-order chi connectivity index (χ0) is 18.5. The molecular formula is C18H21F3N4O. The Morgan fingerprint density at radius 1 is 1.31 bits per heavy atom. The molecule has 0 spiro atoms. The molecule has 0 aliphatic carbocycles. The van der Waals surface area contributed by atoms with Gasteiger partial charge in [0.05, 0.1) is 5.56 Å². The van der Waals surface area contributed by atoms with Crippen molar-refractivity contribution < 1.29 is 18.0 Å². The molecule has 3 atom stereocenters. The normalized spacial score (nSPS) is 26.4. The van der Waals surface area contributed by atoms with Crippen LogP contribution in [0.3, 0.4) is 0 Å². The highest BCUT2D eigenvalue weighted by atomic mass is 19.4. The van der Waals surface area contributed by atoms with Crippen molar-refractivity contribution in [1.82, 2.24) is 19.8 Å². The number of alkyl halides is 3. The van der Waals surface area contributed by atoms with Crippen LogP contribution >= 0.6 is 0 Å². The molecule has 2 aromatic rings. The lowest BCUT2D eigenvalue weighted by atomic mass is 9.97. The molecule has 5 nitrogen and oxygen atoms in total. The number of nitrogens with one attached hydrogen (secondary N) is 1. The minimum absolute atomic E-state index is 0.0638. The standard InChI is InChI=1S/C18H21F3N4O/c1-24-12-4-5-13(24)8-11(7-12)23-17(26)15-9-25(10-18(19,20)21)16-14(15)3-2-6-22-16/h2-3,6,9,11-13H,4-5,7-8,10H2,1H3,(H,23,26)/t11?,12-,13+. The first-order chi connectivity index (χ1) is 12.3. The Hall–Kier alpha value is -2.09. The summed E-state index contributed by atoms with van der Waals surface area (Å²) in [5, 5.41) is 3.49. The third kappa shape index (κ3) is 3.18. The fraction of sp³-hybridized carbons (Fsp3) is 0.556. The number of aromatic nitrogens is 2. The Morgan fingerprint density at radius 2 is 2.00 bits per heavy atom. The second-order valence-corrected chi connectivity index (χ2v) is 7.35. The van der Waals surface area contributed by atoms with Crippen LogP contribution < -0.4 is 5.32 Å². The van der Waals surface area contributed by atoms with Gasteiger partial charge in [-0.15, -0.1) is 0 Å². The lowest BCUT2D eigenvalue weighted by Gasteiger charge is -2.36. The van der Waals surface area contributed by atoms with Gasteiger partial charge in [0, 0.05) is 35.9 Å². The number of piperidine rings is 1. The van der Waals surface area contributed by atoms with Crippen molar-refractivity contribution in [3.63, 3.8) is 0 Å². The molecule has 1 amide bonds. The van der Waals surface area contributed by atoms with Crippen LogP contribution in [0.1, 0.15) is 36.0 Å². The van der Waals surface area contributed by atoms with E-state index in [0.29, 0.717) is 17.5 Å². The summed E-state index contributed by atoms with van der Waals surface area (Å²) in [5.74, 6) is -0.321. The van der Waals surface area contributed by atoms with Gasteiger partial charge in [0.2, 0.25) is 0 Å². The molecule has 26 heavy (non-hydrogen) atoms. The topological polar surface area (TPSA) is 50.2 Å². The highest BCUT2D eigenvalue weighted by Crippen LogP contribution is 2.34. The SMILES string of the molecule is CN1[C@@H]2CC[C@H]1CC(NC(=O)c1cn(CC(F)(F)F)c3ncccc13)C2. The maximum absolute atomic E-state index is 12.8. The van der Waals surface area contributed by atoms with Crippen LogP contribution in [0.2, 0.25) is 0 Å². The van der Waals surface area contributed by atoms with Gasteiger partial charge in [-0.1, -0.05) is 0 Å². The molecular weight excluding hydrogens is 345 g/mol. The zero-order valence-electron chi connectivity index (χ0n) is 14.5. The summed E-state index contributed by atoms with van der Waals surface area (Å²) in [4.78, 5) is 19.2. The molecule has 0 radical (unpaired) electrons. The van der Waals surface area contributed by atoms with Crippen LogP contribution in [0.25, 0.3) is 11.0 Å². The van der Waals surface area contributed by atoms with E-state index in [2.05, 4.69) is 22.2 Å². The van der Waals surface area contributed by atoms with E-state index in [1.165, 1.54) is 12.4 Å². The van der Waals surface area contributed by atoms with E-state index in [-0.39, 0.29) is 23.2 Å². The summed E-state index contributed by atoms with van der Waals surface area (Å²) < 4.78 is 39.5. The molecule has 2 aliphatic heterocycles. The van der Waals surface area contributed by atoms with Crippen molar-refractivity contribution in [1.29, 1.82) is 0 Å². The first-order valence-corrected chi connectivity index (χ1v) is 8.85. The molecule has 2 bridgehead atoms. The van der Waals surface area contributed by atoms with E-state index in [9.17, 15) is 18.0 Å². The predicted octanol–water partition coefficient (Wildman–Crippen LogP) is 2.95. The van der Waals surface area contributed by atoms with Crippen LogP contribution in [0, 0.1) is 0 Å². The Balaban J connectivity index is 1.57. The van der Waals surface area contributed by atoms with Crippen LogP contribution in [-0.4, -0.2) is 51.7 Å². The molecule has 1 unspecified atom stereocenters. The predicted molar refractivity (Wildman–Crippen MR) is 90.8 cm³/mol. The molecule has 2 aliphatic rings. The second-order valence-electron chi connectivity index (χ2n) is 7.35. The number of rotatable bonds is 3. The van der Waals surface area contributed by atoms with E-state index < -0.39 is 12.7 Å². The lowest BCUT2D eigenvalue weighted by Crippen LogP contribution is -2.48. The van der Waals surface area contributed by atoms with E-state index >= 15 is 0 Å². The molecule has 1 N–H and O–H groups in total. The van der Waals surface area contributed by atoms with Crippen LogP contribution in [0.4, 0.5) is 13.2 Å². The molecule has 2 aromatic heterocycles. The summed E-state index contributed by atoms with van der Waals surface area (Å²) in [6.45, 7) is -1.16. The van der Waals surface area contributed by atoms with E-state index in [1.807, 2.05) is 0 Å². The first kappa shape index (κ1) is 17.3. The summed E-state index contributed by atoms with van der Waals surface area (Å²) >= 11 is 0. The minimum atomic E-state index is -4.37. The van der Waals surface area contributed by atoms with E-state index in [0.717, 1.165) is 30.3 Å². The number of halogens is 3. The molecule has 4 heterocycles. The summed E-state index contributed by atoms with van der Waals surface area (Å²) in [6.07, 6.45) is 2.39. The average molecular weight is 366 g/mol. The van der Waals surface area contributed by atoms with Gasteiger partial charge in [-0.25, -0.2) is 4.98 Å². The zero-order valence-corrected chi connectivity index (χ0v) is 14.5. The Labute approximate surface area is 149 Å². The van der Waals surface area contributed by atoms with Gasteiger partial charge < -0.3 is 14.8 Å². The maximum atomic E-state index is 12.8. The molecule has 140 valence electrons. The van der Waals surface area contributed by atoms with Crippen molar-refractivity contribution >= 4 is 16.9 Å². The molecule has 4 rings (SSSR count). The fourth-order valence-electron chi connectivity index (χ4n) is 4.41. The number of fused-ring (bicyclic) bond motifs is 3. The smallest absolute Gasteiger partial charge is 0.349 e. The Morgan fingerprint density at radius 3 is 2.65 bits per heavy atom. The van der Waals surface area contributed by atoms with Crippen molar-refractivity contribution in [2.24, 2.45) is 0 Å². The average Bonchev–Trinajstić information content (AvgIpc) is 3.00. The second kappa shape index (κ2) is 6.26. The van der Waals surface area contributed by atoms with Crippen molar-refractivity contribution in [3.05, 3.63) is 30.1 Å². The number of carbonyl (C=O) groups excluding carboxylic acids is 1. The van der Waals surface area contributed by atoms with Gasteiger partial charge in [0.1, 0.15) is 12.2 Å². The van der Waals surface area contributed by atoms with Crippen LogP contribution in [0.5, 0.6) is 0 Å².